The van der Waals surface area contributed by atoms with Crippen LogP contribution in [0.5, 0.6) is 0 Å². The maximum atomic E-state index is 12.5. The molecule has 26 heavy (non-hydrogen) atoms. The average Bonchev–Trinajstić information content (AvgIpc) is 2.62. The van der Waals surface area contributed by atoms with Crippen LogP contribution in [0.2, 0.25) is 0 Å². The van der Waals surface area contributed by atoms with Gasteiger partial charge in [-0.25, -0.2) is 4.79 Å². The maximum absolute atomic E-state index is 12.5. The molecule has 1 heterocycles. The van der Waals surface area contributed by atoms with Crippen LogP contribution >= 0.6 is 0 Å². The highest BCUT2D eigenvalue weighted by molar-refractivity contribution is 5.90. The Bertz CT molecular complexity index is 651. The molecule has 1 fully saturated rings. The molecule has 0 aromatic heterocycles. The van der Waals surface area contributed by atoms with Gasteiger partial charge < -0.3 is 20.4 Å². The van der Waals surface area contributed by atoms with Gasteiger partial charge in [-0.2, -0.15) is 0 Å². The third-order valence-corrected chi connectivity index (χ3v) is 4.44. The fraction of sp³-hybridized carbons (Fsp3) is 0.474. The summed E-state index contributed by atoms with van der Waals surface area (Å²) >= 11 is 0. The minimum Gasteiger partial charge on any atom is -0.378 e. The van der Waals surface area contributed by atoms with Crippen LogP contribution in [0, 0.1) is 6.92 Å². The highest BCUT2D eigenvalue weighted by atomic mass is 16.2. The second-order valence-electron chi connectivity index (χ2n) is 6.68. The van der Waals surface area contributed by atoms with Crippen LogP contribution in [0.4, 0.5) is 16.2 Å². The molecule has 2 rings (SSSR count). The van der Waals surface area contributed by atoms with Crippen LogP contribution < -0.4 is 15.5 Å². The Labute approximate surface area is 155 Å². The first-order valence-corrected chi connectivity index (χ1v) is 8.84. The van der Waals surface area contributed by atoms with Gasteiger partial charge in [-0.3, -0.25) is 9.69 Å². The van der Waals surface area contributed by atoms with E-state index in [-0.39, 0.29) is 11.9 Å². The van der Waals surface area contributed by atoms with E-state index in [4.69, 9.17) is 0 Å². The lowest BCUT2D eigenvalue weighted by Crippen LogP contribution is -2.52. The molecule has 1 aromatic rings. The lowest BCUT2D eigenvalue weighted by atomic mass is 10.1. The summed E-state index contributed by atoms with van der Waals surface area (Å²) in [7, 11) is 3.98. The number of benzene rings is 1. The number of anilines is 2. The molecule has 2 N–H and O–H groups in total. The van der Waals surface area contributed by atoms with Crippen molar-refractivity contribution in [1.82, 2.24) is 15.1 Å². The lowest BCUT2D eigenvalue weighted by molar-refractivity contribution is -0.122. The molecule has 7 heteroatoms. The van der Waals surface area contributed by atoms with Crippen LogP contribution in [0.1, 0.15) is 5.56 Å². The van der Waals surface area contributed by atoms with E-state index >= 15 is 0 Å². The Kier molecular flexibility index (Phi) is 7.03. The summed E-state index contributed by atoms with van der Waals surface area (Å²) in [5.74, 6) is -0.0144. The average molecular weight is 359 g/mol. The van der Waals surface area contributed by atoms with E-state index in [0.717, 1.165) is 16.9 Å². The van der Waals surface area contributed by atoms with Crippen molar-refractivity contribution in [3.8, 4) is 0 Å². The first-order chi connectivity index (χ1) is 12.4. The van der Waals surface area contributed by atoms with Crippen molar-refractivity contribution in [3.63, 3.8) is 0 Å². The van der Waals surface area contributed by atoms with Crippen LogP contribution in [0.3, 0.4) is 0 Å². The van der Waals surface area contributed by atoms with Gasteiger partial charge in [-0.05, 0) is 30.7 Å². The van der Waals surface area contributed by atoms with Crippen molar-refractivity contribution in [1.29, 1.82) is 0 Å². The molecule has 0 saturated carbocycles. The molecule has 7 nitrogen and oxygen atoms in total. The molecule has 1 aliphatic heterocycles. The molecule has 0 bridgehead atoms. The van der Waals surface area contributed by atoms with Gasteiger partial charge in [-0.15, -0.1) is 6.58 Å². The Morgan fingerprint density at radius 2 is 1.92 bits per heavy atom. The third-order valence-electron chi connectivity index (χ3n) is 4.44. The fourth-order valence-corrected chi connectivity index (χ4v) is 2.81. The van der Waals surface area contributed by atoms with Gasteiger partial charge in [0.05, 0.1) is 6.54 Å². The third kappa shape index (κ3) is 5.49. The fourth-order valence-electron chi connectivity index (χ4n) is 2.81. The smallest absolute Gasteiger partial charge is 0.321 e. The predicted octanol–water partition coefficient (Wildman–Crippen LogP) is 1.51. The zero-order valence-electron chi connectivity index (χ0n) is 15.9. The first kappa shape index (κ1) is 19.8. The summed E-state index contributed by atoms with van der Waals surface area (Å²) in [6.45, 7) is 8.99. The number of nitrogens with zero attached hydrogens (tertiary/aromatic N) is 3. The van der Waals surface area contributed by atoms with Crippen molar-refractivity contribution < 1.29 is 9.59 Å². The lowest BCUT2D eigenvalue weighted by Gasteiger charge is -2.34. The van der Waals surface area contributed by atoms with Gasteiger partial charge in [0.1, 0.15) is 0 Å². The molecule has 0 aliphatic carbocycles. The molecule has 3 amide bonds. The topological polar surface area (TPSA) is 67.9 Å². The summed E-state index contributed by atoms with van der Waals surface area (Å²) in [4.78, 5) is 30.1. The predicted molar refractivity (Wildman–Crippen MR) is 106 cm³/mol. The van der Waals surface area contributed by atoms with Gasteiger partial charge in [0.2, 0.25) is 5.91 Å². The number of aryl methyl sites for hydroxylation is 1. The number of nitrogens with one attached hydrogen (secondary N) is 2. The number of hydrogen-bond acceptors (Lipinski definition) is 4. The van der Waals surface area contributed by atoms with Gasteiger partial charge in [-0.1, -0.05) is 6.08 Å². The minimum absolute atomic E-state index is 0.0144. The Morgan fingerprint density at radius 1 is 1.23 bits per heavy atom. The summed E-state index contributed by atoms with van der Waals surface area (Å²) in [5, 5.41) is 5.76. The molecule has 1 saturated heterocycles. The molecule has 142 valence electrons. The summed E-state index contributed by atoms with van der Waals surface area (Å²) in [5.41, 5.74) is 2.96. The van der Waals surface area contributed by atoms with Crippen LogP contribution in [-0.2, 0) is 4.79 Å². The molecule has 1 aliphatic rings. The first-order valence-electron chi connectivity index (χ1n) is 8.84. The van der Waals surface area contributed by atoms with Crippen LogP contribution in [0.15, 0.2) is 30.9 Å². The van der Waals surface area contributed by atoms with E-state index in [1.807, 2.05) is 38.1 Å². The number of amides is 3. The molecular formula is C19H29N5O2. The van der Waals surface area contributed by atoms with Crippen LogP contribution in [0.25, 0.3) is 0 Å². The van der Waals surface area contributed by atoms with Gasteiger partial charge >= 0.3 is 6.03 Å². The Morgan fingerprint density at radius 3 is 2.50 bits per heavy atom. The van der Waals surface area contributed by atoms with E-state index in [2.05, 4.69) is 28.2 Å². The van der Waals surface area contributed by atoms with E-state index in [1.54, 1.807) is 11.0 Å². The van der Waals surface area contributed by atoms with E-state index in [1.165, 1.54) is 0 Å². The van der Waals surface area contributed by atoms with Crippen LogP contribution in [-0.4, -0.2) is 75.1 Å². The second kappa shape index (κ2) is 9.24. The normalized spacial score (nSPS) is 14.7. The standard InChI is InChI=1S/C19H29N5O2/c1-5-8-20-18(25)14-23-9-11-24(12-10-23)19(26)21-17-7-6-16(22(3)4)13-15(17)2/h5-7,13H,1,8-12,14H2,2-4H3,(H,20,25)(H,21,26). The van der Waals surface area contributed by atoms with E-state index in [0.29, 0.717) is 39.3 Å². The van der Waals surface area contributed by atoms with Crippen molar-refractivity contribution in [2.75, 3.05) is 63.6 Å². The molecular weight excluding hydrogens is 330 g/mol. The number of urea groups is 1. The summed E-state index contributed by atoms with van der Waals surface area (Å²) < 4.78 is 0. The molecule has 1 aromatic carbocycles. The van der Waals surface area contributed by atoms with Gasteiger partial charge in [0, 0.05) is 58.2 Å². The Hall–Kier alpha value is -2.54. The van der Waals surface area contributed by atoms with E-state index < -0.39 is 0 Å². The van der Waals surface area contributed by atoms with Crippen molar-refractivity contribution in [2.24, 2.45) is 0 Å². The van der Waals surface area contributed by atoms with Gasteiger partial charge in [0.25, 0.3) is 0 Å². The number of carbonyl (C=O) groups is 2. The largest absolute Gasteiger partial charge is 0.378 e. The quantitative estimate of drug-likeness (QED) is 0.756. The molecule has 0 radical (unpaired) electrons. The van der Waals surface area contributed by atoms with Crippen molar-refractivity contribution in [2.45, 2.75) is 6.92 Å². The zero-order valence-corrected chi connectivity index (χ0v) is 15.9. The zero-order chi connectivity index (χ0) is 19.1. The maximum Gasteiger partial charge on any atom is 0.321 e. The number of rotatable bonds is 6. The van der Waals surface area contributed by atoms with Crippen molar-refractivity contribution in [3.05, 3.63) is 36.4 Å². The number of carbonyl (C=O) groups excluding carboxylic acids is 2. The second-order valence-corrected chi connectivity index (χ2v) is 6.68. The highest BCUT2D eigenvalue weighted by Crippen LogP contribution is 2.21. The summed E-state index contributed by atoms with van der Waals surface area (Å²) in [6.07, 6.45) is 1.66. The molecule has 0 unspecified atom stereocenters. The molecule has 0 atom stereocenters. The van der Waals surface area contributed by atoms with E-state index in [9.17, 15) is 9.59 Å². The summed E-state index contributed by atoms with van der Waals surface area (Å²) in [6, 6.07) is 5.88. The number of piperazine rings is 1. The highest BCUT2D eigenvalue weighted by Gasteiger charge is 2.22. The minimum atomic E-state index is -0.0959. The van der Waals surface area contributed by atoms with Gasteiger partial charge in [0.15, 0.2) is 0 Å². The number of hydrogen-bond donors (Lipinski definition) is 2. The van der Waals surface area contributed by atoms with Crippen molar-refractivity contribution >= 4 is 23.3 Å². The molecule has 0 spiro atoms. The monoisotopic (exact) mass is 359 g/mol. The Balaban J connectivity index is 1.83. The SMILES string of the molecule is C=CCNC(=O)CN1CCN(C(=O)Nc2ccc(N(C)C)cc2C)CC1.